The Bertz CT molecular complexity index is 561. The van der Waals surface area contributed by atoms with Crippen molar-refractivity contribution in [2.75, 3.05) is 11.9 Å². The Hall–Kier alpha value is -1.07. The Labute approximate surface area is 143 Å². The number of fused-ring (bicyclic) bond motifs is 2. The number of amides is 1. The van der Waals surface area contributed by atoms with Gasteiger partial charge in [-0.15, -0.1) is 12.4 Å². The molecule has 4 N–H and O–H groups in total. The molecule has 2 bridgehead atoms. The van der Waals surface area contributed by atoms with Crippen molar-refractivity contribution in [2.24, 2.45) is 29.4 Å². The minimum atomic E-state index is 0. The molecule has 0 aromatic carbocycles. The van der Waals surface area contributed by atoms with Crippen LogP contribution in [-0.4, -0.2) is 22.6 Å². The van der Waals surface area contributed by atoms with Gasteiger partial charge in [-0.25, -0.2) is 0 Å². The van der Waals surface area contributed by atoms with Gasteiger partial charge in [0, 0.05) is 23.6 Å². The van der Waals surface area contributed by atoms with Gasteiger partial charge >= 0.3 is 0 Å². The minimum Gasteiger partial charge on any atom is -0.330 e. The van der Waals surface area contributed by atoms with Gasteiger partial charge in [0.05, 0.1) is 0 Å². The minimum absolute atomic E-state index is 0. The van der Waals surface area contributed by atoms with E-state index in [9.17, 15) is 4.79 Å². The first-order valence-electron chi connectivity index (χ1n) is 8.81. The first-order chi connectivity index (χ1) is 10.7. The van der Waals surface area contributed by atoms with Gasteiger partial charge in [0.25, 0.3) is 0 Å². The van der Waals surface area contributed by atoms with Gasteiger partial charge < -0.3 is 11.1 Å². The lowest BCUT2D eigenvalue weighted by Gasteiger charge is -2.19. The summed E-state index contributed by atoms with van der Waals surface area (Å²) in [6, 6.07) is 2.05. The zero-order valence-electron chi connectivity index (χ0n) is 13.5. The van der Waals surface area contributed by atoms with Crippen molar-refractivity contribution in [3.8, 4) is 0 Å². The van der Waals surface area contributed by atoms with Gasteiger partial charge in [0.15, 0.2) is 5.82 Å². The molecule has 3 saturated carbocycles. The van der Waals surface area contributed by atoms with Crippen LogP contribution in [0.3, 0.4) is 0 Å². The summed E-state index contributed by atoms with van der Waals surface area (Å²) >= 11 is 0. The molecule has 3 aliphatic carbocycles. The lowest BCUT2D eigenvalue weighted by Crippen LogP contribution is -2.29. The number of nitrogens with zero attached hydrogens (tertiary/aromatic N) is 1. The molecule has 0 radical (unpaired) electrons. The monoisotopic (exact) mass is 338 g/mol. The summed E-state index contributed by atoms with van der Waals surface area (Å²) in [4.78, 5) is 12.4. The van der Waals surface area contributed by atoms with Gasteiger partial charge in [-0.1, -0.05) is 12.8 Å². The predicted octanol–water partition coefficient (Wildman–Crippen LogP) is 3.05. The van der Waals surface area contributed by atoms with Crippen LogP contribution in [0.5, 0.6) is 0 Å². The number of carbonyl (C=O) groups excluding carboxylic acids is 1. The van der Waals surface area contributed by atoms with Crippen LogP contribution >= 0.6 is 12.4 Å². The first kappa shape index (κ1) is 16.8. The van der Waals surface area contributed by atoms with Crippen molar-refractivity contribution < 1.29 is 4.79 Å². The predicted molar refractivity (Wildman–Crippen MR) is 92.5 cm³/mol. The van der Waals surface area contributed by atoms with Crippen LogP contribution in [-0.2, 0) is 4.79 Å². The lowest BCUT2D eigenvalue weighted by atomic mass is 9.86. The Kier molecular flexibility index (Phi) is 4.97. The maximum Gasteiger partial charge on any atom is 0.229 e. The molecule has 128 valence electrons. The van der Waals surface area contributed by atoms with Crippen LogP contribution in [0.1, 0.15) is 56.6 Å². The highest BCUT2D eigenvalue weighted by atomic mass is 35.5. The number of rotatable bonds is 4. The zero-order chi connectivity index (χ0) is 15.1. The number of aromatic amines is 1. The van der Waals surface area contributed by atoms with Gasteiger partial charge in [0.1, 0.15) is 0 Å². The summed E-state index contributed by atoms with van der Waals surface area (Å²) in [5, 5.41) is 10.5. The van der Waals surface area contributed by atoms with E-state index in [-0.39, 0.29) is 24.2 Å². The molecule has 5 nitrogen and oxygen atoms in total. The second-order valence-corrected chi connectivity index (χ2v) is 7.51. The molecule has 3 fully saturated rings. The van der Waals surface area contributed by atoms with Crippen LogP contribution in [0.2, 0.25) is 0 Å². The molecule has 1 aromatic heterocycles. The van der Waals surface area contributed by atoms with Crippen molar-refractivity contribution in [1.29, 1.82) is 0 Å². The Morgan fingerprint density at radius 3 is 2.87 bits per heavy atom. The Morgan fingerprint density at radius 1 is 1.30 bits per heavy atom. The summed E-state index contributed by atoms with van der Waals surface area (Å²) < 4.78 is 0. The molecule has 1 heterocycles. The van der Waals surface area contributed by atoms with Crippen molar-refractivity contribution in [3.05, 3.63) is 11.8 Å². The summed E-state index contributed by atoms with van der Waals surface area (Å²) in [7, 11) is 0. The molecule has 0 spiro atoms. The highest BCUT2D eigenvalue weighted by molar-refractivity contribution is 5.92. The SMILES string of the molecule is Cl.NC[C@H]1CCC[C@H]1C(=O)Nc1cc(C2CC3CCC2C3)[nH]n1. The number of hydrogen-bond donors (Lipinski definition) is 3. The van der Waals surface area contributed by atoms with E-state index in [1.54, 1.807) is 0 Å². The first-order valence-corrected chi connectivity index (χ1v) is 8.81. The van der Waals surface area contributed by atoms with Crippen LogP contribution < -0.4 is 11.1 Å². The average Bonchev–Trinajstić information content (AvgIpc) is 3.29. The molecule has 0 aliphatic heterocycles. The number of anilines is 1. The summed E-state index contributed by atoms with van der Waals surface area (Å²) in [5.41, 5.74) is 6.99. The third-order valence-electron chi connectivity index (χ3n) is 6.29. The fourth-order valence-corrected chi connectivity index (χ4v) is 5.10. The summed E-state index contributed by atoms with van der Waals surface area (Å²) in [5.74, 6) is 3.55. The van der Waals surface area contributed by atoms with Crippen molar-refractivity contribution in [2.45, 2.75) is 50.9 Å². The fourth-order valence-electron chi connectivity index (χ4n) is 5.10. The third-order valence-corrected chi connectivity index (χ3v) is 6.29. The number of aromatic nitrogens is 2. The van der Waals surface area contributed by atoms with Gasteiger partial charge in [-0.05, 0) is 56.4 Å². The highest BCUT2D eigenvalue weighted by Crippen LogP contribution is 2.52. The summed E-state index contributed by atoms with van der Waals surface area (Å²) in [6.07, 6.45) is 8.57. The van der Waals surface area contributed by atoms with E-state index in [0.29, 0.717) is 24.2 Å². The van der Waals surface area contributed by atoms with Gasteiger partial charge in [0.2, 0.25) is 5.91 Å². The Morgan fingerprint density at radius 2 is 2.17 bits per heavy atom. The van der Waals surface area contributed by atoms with E-state index in [0.717, 1.165) is 31.1 Å². The average molecular weight is 339 g/mol. The number of H-pyrrole nitrogens is 1. The second-order valence-electron chi connectivity index (χ2n) is 7.51. The van der Waals surface area contributed by atoms with E-state index in [2.05, 4.69) is 21.6 Å². The van der Waals surface area contributed by atoms with Crippen molar-refractivity contribution >= 4 is 24.1 Å². The largest absolute Gasteiger partial charge is 0.330 e. The van der Waals surface area contributed by atoms with Crippen LogP contribution in [0.15, 0.2) is 6.07 Å². The van der Waals surface area contributed by atoms with E-state index >= 15 is 0 Å². The van der Waals surface area contributed by atoms with Gasteiger partial charge in [-0.2, -0.15) is 5.10 Å². The molecular weight excluding hydrogens is 312 g/mol. The maximum atomic E-state index is 12.4. The molecule has 6 heteroatoms. The van der Waals surface area contributed by atoms with E-state index in [4.69, 9.17) is 5.73 Å². The normalized spacial score (nSPS) is 35.3. The second kappa shape index (κ2) is 6.81. The van der Waals surface area contributed by atoms with Crippen LogP contribution in [0, 0.1) is 23.7 Å². The third kappa shape index (κ3) is 3.13. The summed E-state index contributed by atoms with van der Waals surface area (Å²) in [6.45, 7) is 0.606. The smallest absolute Gasteiger partial charge is 0.229 e. The van der Waals surface area contributed by atoms with Crippen LogP contribution in [0.4, 0.5) is 5.82 Å². The Balaban J connectivity index is 0.00000156. The molecule has 3 unspecified atom stereocenters. The van der Waals surface area contributed by atoms with Crippen LogP contribution in [0.25, 0.3) is 0 Å². The topological polar surface area (TPSA) is 83.8 Å². The zero-order valence-corrected chi connectivity index (χ0v) is 14.3. The number of nitrogens with one attached hydrogen (secondary N) is 2. The molecular formula is C17H27ClN4O. The quantitative estimate of drug-likeness (QED) is 0.788. The molecule has 5 atom stereocenters. The number of hydrogen-bond acceptors (Lipinski definition) is 3. The molecule has 23 heavy (non-hydrogen) atoms. The van der Waals surface area contributed by atoms with E-state index < -0.39 is 0 Å². The molecule has 3 aliphatic rings. The highest BCUT2D eigenvalue weighted by Gasteiger charge is 2.41. The standard InChI is InChI=1S/C17H26N4O.ClH/c18-9-12-2-1-3-13(12)17(22)19-16-8-15(20-21-16)14-7-10-4-5-11(14)6-10;/h8,10-14H,1-7,9,18H2,(H2,19,20,21,22);1H/t10?,11?,12-,13-,14?;/m1./s1. The maximum absolute atomic E-state index is 12.4. The molecule has 1 aromatic rings. The number of carbonyl (C=O) groups is 1. The fraction of sp³-hybridized carbons (Fsp3) is 0.765. The van der Waals surface area contributed by atoms with Crippen molar-refractivity contribution in [3.63, 3.8) is 0 Å². The number of halogens is 1. The molecule has 1 amide bonds. The number of nitrogens with two attached hydrogens (primary N) is 1. The molecule has 0 saturated heterocycles. The lowest BCUT2D eigenvalue weighted by molar-refractivity contribution is -0.120. The van der Waals surface area contributed by atoms with Crippen molar-refractivity contribution in [1.82, 2.24) is 10.2 Å². The molecule has 4 rings (SSSR count). The van der Waals surface area contributed by atoms with E-state index in [1.807, 2.05) is 0 Å². The van der Waals surface area contributed by atoms with E-state index in [1.165, 1.54) is 31.4 Å². The van der Waals surface area contributed by atoms with Gasteiger partial charge in [-0.3, -0.25) is 9.89 Å².